The van der Waals surface area contributed by atoms with Gasteiger partial charge in [-0.2, -0.15) is 17.5 Å². The average Bonchev–Trinajstić information content (AvgIpc) is 3.24. The van der Waals surface area contributed by atoms with Gasteiger partial charge in [-0.3, -0.25) is 14.7 Å². The van der Waals surface area contributed by atoms with Crippen molar-refractivity contribution in [1.82, 2.24) is 19.0 Å². The third kappa shape index (κ3) is 6.59. The highest BCUT2D eigenvalue weighted by atomic mass is 35.5. The van der Waals surface area contributed by atoms with Crippen LogP contribution in [0, 0.1) is 0 Å². The maximum absolute atomic E-state index is 13.3. The highest BCUT2D eigenvalue weighted by molar-refractivity contribution is 7.88. The van der Waals surface area contributed by atoms with Gasteiger partial charge in [0.2, 0.25) is 10.0 Å². The van der Waals surface area contributed by atoms with E-state index in [-0.39, 0.29) is 12.0 Å². The first kappa shape index (κ1) is 27.3. The van der Waals surface area contributed by atoms with E-state index in [4.69, 9.17) is 11.6 Å². The minimum atomic E-state index is -4.42. The number of hydrogen-bond donors (Lipinski definition) is 0. The second-order valence-corrected chi connectivity index (χ2v) is 12.2. The summed E-state index contributed by atoms with van der Waals surface area (Å²) in [5.74, 6) is 0.179. The zero-order valence-electron chi connectivity index (χ0n) is 20.5. The van der Waals surface area contributed by atoms with Crippen LogP contribution in [0.25, 0.3) is 0 Å². The second kappa shape index (κ2) is 11.0. The number of sulfonamides is 1. The number of nitrogens with zero attached hydrogens (tertiary/aromatic N) is 4. The number of hydrogen-bond acceptors (Lipinski definition) is 5. The van der Waals surface area contributed by atoms with Gasteiger partial charge in [0.05, 0.1) is 18.5 Å². The molecule has 2 heterocycles. The Labute approximate surface area is 216 Å². The molecule has 6 nitrogen and oxygen atoms in total. The van der Waals surface area contributed by atoms with Crippen LogP contribution in [0.4, 0.5) is 13.2 Å². The van der Waals surface area contributed by atoms with E-state index in [0.29, 0.717) is 43.3 Å². The van der Waals surface area contributed by atoms with Crippen molar-refractivity contribution in [2.45, 2.75) is 24.7 Å². The van der Waals surface area contributed by atoms with Gasteiger partial charge in [-0.1, -0.05) is 41.9 Å². The van der Waals surface area contributed by atoms with E-state index in [1.54, 1.807) is 0 Å². The van der Waals surface area contributed by atoms with E-state index in [9.17, 15) is 21.6 Å². The Morgan fingerprint density at radius 3 is 2.28 bits per heavy atom. The summed E-state index contributed by atoms with van der Waals surface area (Å²) in [7, 11) is -1.25. The predicted molar refractivity (Wildman–Crippen MR) is 135 cm³/mol. The molecular weight excluding hydrogens is 513 g/mol. The molecule has 0 bridgehead atoms. The smallest absolute Gasteiger partial charge is 0.297 e. The number of rotatable bonds is 7. The van der Waals surface area contributed by atoms with E-state index >= 15 is 0 Å². The molecule has 0 aliphatic carbocycles. The van der Waals surface area contributed by atoms with Crippen molar-refractivity contribution in [3.63, 3.8) is 0 Å². The third-order valence-corrected chi connectivity index (χ3v) is 8.82. The fraction of sp³-hybridized carbons (Fsp3) is 0.520. The molecule has 198 valence electrons. The number of likely N-dealkylation sites (tertiary alicyclic amines) is 1. The van der Waals surface area contributed by atoms with Gasteiger partial charge < -0.3 is 0 Å². The molecule has 2 aliphatic heterocycles. The Morgan fingerprint density at radius 2 is 1.67 bits per heavy atom. The number of likely N-dealkylation sites (N-methyl/N-ethyl adjacent to an activating group) is 1. The normalized spacial score (nSPS) is 23.0. The van der Waals surface area contributed by atoms with Gasteiger partial charge in [0.1, 0.15) is 0 Å². The van der Waals surface area contributed by atoms with Crippen molar-refractivity contribution in [3.05, 3.63) is 70.2 Å². The van der Waals surface area contributed by atoms with Crippen molar-refractivity contribution in [2.75, 3.05) is 59.2 Å². The molecular formula is C25H32ClF3N4O2S. The molecule has 0 saturated carbocycles. The maximum Gasteiger partial charge on any atom is 0.416 e. The first-order valence-corrected chi connectivity index (χ1v) is 14.1. The van der Waals surface area contributed by atoms with Gasteiger partial charge in [0.25, 0.3) is 0 Å². The van der Waals surface area contributed by atoms with Crippen molar-refractivity contribution in [1.29, 1.82) is 0 Å². The van der Waals surface area contributed by atoms with Gasteiger partial charge in [-0.15, -0.1) is 0 Å². The van der Waals surface area contributed by atoms with E-state index < -0.39 is 21.8 Å². The molecule has 0 N–H and O–H groups in total. The van der Waals surface area contributed by atoms with Gasteiger partial charge in [-0.05, 0) is 36.4 Å². The number of piperazine rings is 1. The summed E-state index contributed by atoms with van der Waals surface area (Å²) in [4.78, 5) is 6.71. The monoisotopic (exact) mass is 544 g/mol. The zero-order chi connectivity index (χ0) is 26.1. The molecule has 0 spiro atoms. The maximum atomic E-state index is 13.3. The van der Waals surface area contributed by atoms with E-state index in [1.807, 2.05) is 25.2 Å². The molecule has 2 aromatic carbocycles. The van der Waals surface area contributed by atoms with Crippen molar-refractivity contribution < 1.29 is 21.6 Å². The largest absolute Gasteiger partial charge is 0.416 e. The summed E-state index contributed by atoms with van der Waals surface area (Å²) in [5, 5.41) is 0.324. The van der Waals surface area contributed by atoms with Crippen LogP contribution in [-0.4, -0.2) is 92.7 Å². The van der Waals surface area contributed by atoms with E-state index in [2.05, 4.69) is 26.8 Å². The molecule has 2 unspecified atom stereocenters. The lowest BCUT2D eigenvalue weighted by molar-refractivity contribution is -0.137. The molecule has 0 amide bonds. The Morgan fingerprint density at radius 1 is 1.00 bits per heavy atom. The minimum Gasteiger partial charge on any atom is -0.297 e. The van der Waals surface area contributed by atoms with Gasteiger partial charge >= 0.3 is 6.18 Å². The quantitative estimate of drug-likeness (QED) is 0.531. The SMILES string of the molecule is CN(Cc1cc(C(F)(F)F)ccc1Cl)C1CN(CN2CCN(S(C)(=O)=O)CC2)CC1c1ccccc1. The summed E-state index contributed by atoms with van der Waals surface area (Å²) in [6.45, 7) is 4.87. The molecule has 4 rings (SSSR count). The van der Waals surface area contributed by atoms with Gasteiger partial charge in [0, 0.05) is 62.8 Å². The van der Waals surface area contributed by atoms with Crippen molar-refractivity contribution in [2.24, 2.45) is 0 Å². The topological polar surface area (TPSA) is 47.1 Å². The lowest BCUT2D eigenvalue weighted by Gasteiger charge is -2.35. The molecule has 36 heavy (non-hydrogen) atoms. The van der Waals surface area contributed by atoms with Crippen molar-refractivity contribution in [3.8, 4) is 0 Å². The Balaban J connectivity index is 1.48. The summed E-state index contributed by atoms with van der Waals surface area (Å²) in [6.07, 6.45) is -3.18. The summed E-state index contributed by atoms with van der Waals surface area (Å²) < 4.78 is 65.0. The Hall–Kier alpha value is -1.69. The molecule has 0 aromatic heterocycles. The van der Waals surface area contributed by atoms with Crippen LogP contribution >= 0.6 is 11.6 Å². The van der Waals surface area contributed by atoms with Crippen LogP contribution in [0.3, 0.4) is 0 Å². The highest BCUT2D eigenvalue weighted by Gasteiger charge is 2.38. The minimum absolute atomic E-state index is 0.0790. The molecule has 2 aliphatic rings. The van der Waals surface area contributed by atoms with E-state index in [0.717, 1.165) is 31.9 Å². The summed E-state index contributed by atoms with van der Waals surface area (Å²) >= 11 is 6.29. The summed E-state index contributed by atoms with van der Waals surface area (Å²) in [5.41, 5.74) is 0.946. The van der Waals surface area contributed by atoms with E-state index in [1.165, 1.54) is 22.2 Å². The van der Waals surface area contributed by atoms with Crippen LogP contribution in [0.2, 0.25) is 5.02 Å². The van der Waals surface area contributed by atoms with Crippen molar-refractivity contribution >= 4 is 21.6 Å². The molecule has 2 saturated heterocycles. The standard InChI is InChI=1S/C25H32ClF3N4O2S/c1-30(15-20-14-21(25(27,28)29)8-9-23(20)26)24-17-32(16-22(24)19-6-4-3-5-7-19)18-31-10-12-33(13-11-31)36(2,34)35/h3-9,14,22,24H,10-13,15-18H2,1-2H3. The van der Waals surface area contributed by atoms with Crippen LogP contribution in [0.1, 0.15) is 22.6 Å². The number of benzene rings is 2. The predicted octanol–water partition coefficient (Wildman–Crippen LogP) is 3.79. The van der Waals surface area contributed by atoms with Crippen LogP contribution in [0.5, 0.6) is 0 Å². The fourth-order valence-corrected chi connectivity index (χ4v) is 6.20. The Bertz CT molecular complexity index is 1140. The highest BCUT2D eigenvalue weighted by Crippen LogP contribution is 2.35. The first-order valence-electron chi connectivity index (χ1n) is 11.9. The zero-order valence-corrected chi connectivity index (χ0v) is 22.0. The fourth-order valence-electron chi connectivity index (χ4n) is 5.20. The lowest BCUT2D eigenvalue weighted by atomic mass is 9.93. The molecule has 2 fully saturated rings. The number of alkyl halides is 3. The van der Waals surface area contributed by atoms with Gasteiger partial charge in [-0.25, -0.2) is 8.42 Å². The molecule has 11 heteroatoms. The average molecular weight is 545 g/mol. The van der Waals surface area contributed by atoms with Gasteiger partial charge in [0.15, 0.2) is 0 Å². The molecule has 2 atom stereocenters. The second-order valence-electron chi connectivity index (χ2n) is 9.76. The lowest BCUT2D eigenvalue weighted by Crippen LogP contribution is -2.51. The number of halogens is 4. The van der Waals surface area contributed by atoms with Crippen LogP contribution in [-0.2, 0) is 22.7 Å². The summed E-state index contributed by atoms with van der Waals surface area (Å²) in [6, 6.07) is 13.7. The molecule has 2 aromatic rings. The molecule has 0 radical (unpaired) electrons. The van der Waals surface area contributed by atoms with Crippen LogP contribution < -0.4 is 0 Å². The van der Waals surface area contributed by atoms with Crippen LogP contribution in [0.15, 0.2) is 48.5 Å². The Kier molecular flexibility index (Phi) is 8.33. The third-order valence-electron chi connectivity index (χ3n) is 7.15. The first-order chi connectivity index (χ1) is 16.9.